The number of aromatic amines is 1. The van der Waals surface area contributed by atoms with Gasteiger partial charge in [-0.1, -0.05) is 0 Å². The second-order valence-electron chi connectivity index (χ2n) is 3.06. The molecular formula is C10H7N5. The quantitative estimate of drug-likeness (QED) is 0.640. The van der Waals surface area contributed by atoms with Crippen LogP contribution in [0.2, 0.25) is 0 Å². The van der Waals surface area contributed by atoms with E-state index in [1.165, 1.54) is 0 Å². The number of hydrogen-bond acceptors (Lipinski definition) is 4. The van der Waals surface area contributed by atoms with Crippen molar-refractivity contribution in [3.63, 3.8) is 0 Å². The number of aromatic nitrogens is 5. The third kappa shape index (κ3) is 1.34. The lowest BCUT2D eigenvalue weighted by Gasteiger charge is -1.97. The summed E-state index contributed by atoms with van der Waals surface area (Å²) in [6.07, 6.45) is 8.43. The molecule has 72 valence electrons. The Balaban J connectivity index is 2.19. The Morgan fingerprint density at radius 2 is 2.00 bits per heavy atom. The van der Waals surface area contributed by atoms with Gasteiger partial charge in [0.15, 0.2) is 5.65 Å². The van der Waals surface area contributed by atoms with E-state index < -0.39 is 0 Å². The van der Waals surface area contributed by atoms with Crippen molar-refractivity contribution in [1.82, 2.24) is 24.9 Å². The van der Waals surface area contributed by atoms with Crippen LogP contribution in [0.4, 0.5) is 0 Å². The number of hydrogen-bond donors (Lipinski definition) is 1. The molecule has 0 bridgehead atoms. The van der Waals surface area contributed by atoms with Gasteiger partial charge < -0.3 is 4.98 Å². The first-order valence-corrected chi connectivity index (χ1v) is 4.50. The molecule has 5 heteroatoms. The van der Waals surface area contributed by atoms with Crippen molar-refractivity contribution < 1.29 is 0 Å². The van der Waals surface area contributed by atoms with Gasteiger partial charge in [-0.2, -0.15) is 0 Å². The van der Waals surface area contributed by atoms with E-state index in [1.54, 1.807) is 24.8 Å². The van der Waals surface area contributed by atoms with Crippen molar-refractivity contribution in [3.05, 3.63) is 37.1 Å². The van der Waals surface area contributed by atoms with Crippen molar-refractivity contribution in [2.75, 3.05) is 0 Å². The molecule has 0 saturated carbocycles. The molecule has 3 heterocycles. The zero-order chi connectivity index (χ0) is 10.1. The average molecular weight is 197 g/mol. The average Bonchev–Trinajstić information content (AvgIpc) is 2.77. The molecule has 0 spiro atoms. The highest BCUT2D eigenvalue weighted by Gasteiger charge is 2.03. The fourth-order valence-electron chi connectivity index (χ4n) is 1.39. The third-order valence-electron chi connectivity index (χ3n) is 2.09. The van der Waals surface area contributed by atoms with Crippen molar-refractivity contribution in [1.29, 1.82) is 0 Å². The summed E-state index contributed by atoms with van der Waals surface area (Å²) in [6, 6.07) is 1.88. The van der Waals surface area contributed by atoms with Gasteiger partial charge in [0.2, 0.25) is 0 Å². The minimum atomic E-state index is 0.730. The Bertz CT molecular complexity index is 587. The second-order valence-corrected chi connectivity index (χ2v) is 3.06. The maximum Gasteiger partial charge on any atom is 0.156 e. The lowest BCUT2D eigenvalue weighted by molar-refractivity contribution is 1.17. The van der Waals surface area contributed by atoms with Crippen LogP contribution in [0.5, 0.6) is 0 Å². The number of nitrogens with zero attached hydrogens (tertiary/aromatic N) is 4. The number of nitrogens with one attached hydrogen (secondary N) is 1. The monoisotopic (exact) mass is 197 g/mol. The molecule has 0 radical (unpaired) electrons. The highest BCUT2D eigenvalue weighted by molar-refractivity contribution is 5.73. The van der Waals surface area contributed by atoms with Gasteiger partial charge in [-0.05, 0) is 6.07 Å². The Hall–Kier alpha value is -2.30. The predicted molar refractivity (Wildman–Crippen MR) is 54.9 cm³/mol. The summed E-state index contributed by atoms with van der Waals surface area (Å²) in [5, 5.41) is 0. The standard InChI is InChI=1S/C10H7N5/c1-2-13-10-7(1)15-9(6-14-10)8-5-11-3-4-12-8/h1-6H,(H,13,14). The molecule has 1 N–H and O–H groups in total. The summed E-state index contributed by atoms with van der Waals surface area (Å²) < 4.78 is 0. The predicted octanol–water partition coefficient (Wildman–Crippen LogP) is 1.41. The van der Waals surface area contributed by atoms with Gasteiger partial charge >= 0.3 is 0 Å². The lowest BCUT2D eigenvalue weighted by atomic mass is 10.3. The minimum absolute atomic E-state index is 0.730. The van der Waals surface area contributed by atoms with Crippen LogP contribution in [0.25, 0.3) is 22.6 Å². The number of H-pyrrole nitrogens is 1. The second kappa shape index (κ2) is 3.13. The van der Waals surface area contributed by atoms with E-state index in [4.69, 9.17) is 0 Å². The van der Waals surface area contributed by atoms with Crippen LogP contribution in [-0.4, -0.2) is 24.9 Å². The van der Waals surface area contributed by atoms with Crippen LogP contribution < -0.4 is 0 Å². The molecule has 0 aliphatic rings. The van der Waals surface area contributed by atoms with Gasteiger partial charge in [0.1, 0.15) is 16.9 Å². The fraction of sp³-hybridized carbons (Fsp3) is 0. The molecule has 0 atom stereocenters. The zero-order valence-corrected chi connectivity index (χ0v) is 7.75. The summed E-state index contributed by atoms with van der Waals surface area (Å²) in [7, 11) is 0. The molecule has 0 aliphatic heterocycles. The molecule has 0 amide bonds. The smallest absolute Gasteiger partial charge is 0.156 e. The van der Waals surface area contributed by atoms with Gasteiger partial charge in [0, 0.05) is 18.6 Å². The largest absolute Gasteiger partial charge is 0.345 e. The van der Waals surface area contributed by atoms with E-state index in [0.29, 0.717) is 0 Å². The Kier molecular flexibility index (Phi) is 1.68. The van der Waals surface area contributed by atoms with Crippen LogP contribution in [0.15, 0.2) is 37.1 Å². The Labute approximate surface area is 85.3 Å². The maximum absolute atomic E-state index is 4.41. The van der Waals surface area contributed by atoms with E-state index in [0.717, 1.165) is 22.6 Å². The first-order valence-electron chi connectivity index (χ1n) is 4.50. The SMILES string of the molecule is c1cnc(-c2cnc3[nH]ccc3n2)cn1. The first kappa shape index (κ1) is 8.05. The highest BCUT2D eigenvalue weighted by Crippen LogP contribution is 2.14. The van der Waals surface area contributed by atoms with Gasteiger partial charge in [0.25, 0.3) is 0 Å². The van der Waals surface area contributed by atoms with Crippen LogP contribution in [0.3, 0.4) is 0 Å². The fourth-order valence-corrected chi connectivity index (χ4v) is 1.39. The van der Waals surface area contributed by atoms with E-state index in [9.17, 15) is 0 Å². The van der Waals surface area contributed by atoms with Crippen LogP contribution in [0.1, 0.15) is 0 Å². The number of fused-ring (bicyclic) bond motifs is 1. The molecule has 0 unspecified atom stereocenters. The normalized spacial score (nSPS) is 10.7. The Morgan fingerprint density at radius 3 is 2.87 bits per heavy atom. The summed E-state index contributed by atoms with van der Waals surface area (Å²) in [5.74, 6) is 0. The van der Waals surface area contributed by atoms with Crippen LogP contribution >= 0.6 is 0 Å². The zero-order valence-electron chi connectivity index (χ0n) is 7.75. The van der Waals surface area contributed by atoms with E-state index in [-0.39, 0.29) is 0 Å². The van der Waals surface area contributed by atoms with Crippen molar-refractivity contribution >= 4 is 11.2 Å². The van der Waals surface area contributed by atoms with Gasteiger partial charge in [-0.15, -0.1) is 0 Å². The molecule has 3 aromatic rings. The van der Waals surface area contributed by atoms with E-state index in [1.807, 2.05) is 12.3 Å². The van der Waals surface area contributed by atoms with Crippen molar-refractivity contribution in [2.24, 2.45) is 0 Å². The summed E-state index contributed by atoms with van der Waals surface area (Å²) in [6.45, 7) is 0. The highest BCUT2D eigenvalue weighted by atomic mass is 14.9. The summed E-state index contributed by atoms with van der Waals surface area (Å²) in [4.78, 5) is 19.8. The molecule has 5 nitrogen and oxygen atoms in total. The molecule has 0 fully saturated rings. The minimum Gasteiger partial charge on any atom is -0.345 e. The first-order chi connectivity index (χ1) is 7.43. The van der Waals surface area contributed by atoms with E-state index in [2.05, 4.69) is 24.9 Å². The van der Waals surface area contributed by atoms with Gasteiger partial charge in [0.05, 0.1) is 12.4 Å². The summed E-state index contributed by atoms with van der Waals surface area (Å²) >= 11 is 0. The molecule has 3 rings (SSSR count). The van der Waals surface area contributed by atoms with Gasteiger partial charge in [-0.3, -0.25) is 9.97 Å². The van der Waals surface area contributed by atoms with Crippen molar-refractivity contribution in [3.8, 4) is 11.4 Å². The van der Waals surface area contributed by atoms with Crippen molar-refractivity contribution in [2.45, 2.75) is 0 Å². The van der Waals surface area contributed by atoms with Crippen LogP contribution in [0, 0.1) is 0 Å². The molecular weight excluding hydrogens is 190 g/mol. The molecule has 15 heavy (non-hydrogen) atoms. The topological polar surface area (TPSA) is 67.3 Å². The lowest BCUT2D eigenvalue weighted by Crippen LogP contribution is -1.89. The molecule has 3 aromatic heterocycles. The summed E-state index contributed by atoms with van der Waals surface area (Å²) in [5.41, 5.74) is 3.07. The number of rotatable bonds is 1. The van der Waals surface area contributed by atoms with E-state index >= 15 is 0 Å². The molecule has 0 aliphatic carbocycles. The van der Waals surface area contributed by atoms with Crippen LogP contribution in [-0.2, 0) is 0 Å². The maximum atomic E-state index is 4.41. The van der Waals surface area contributed by atoms with Gasteiger partial charge in [-0.25, -0.2) is 9.97 Å². The third-order valence-corrected chi connectivity index (χ3v) is 2.09. The Morgan fingerprint density at radius 1 is 1.00 bits per heavy atom. The molecule has 0 saturated heterocycles. The molecule has 0 aromatic carbocycles.